The van der Waals surface area contributed by atoms with Crippen molar-refractivity contribution >= 4 is 23.5 Å². The smallest absolute Gasteiger partial charge is 0.244 e. The summed E-state index contributed by atoms with van der Waals surface area (Å²) in [5.41, 5.74) is 1.08. The van der Waals surface area contributed by atoms with Crippen molar-refractivity contribution in [3.63, 3.8) is 0 Å². The van der Waals surface area contributed by atoms with Crippen molar-refractivity contribution in [1.29, 1.82) is 0 Å². The van der Waals surface area contributed by atoms with E-state index in [1.165, 1.54) is 6.33 Å². The van der Waals surface area contributed by atoms with Crippen molar-refractivity contribution in [1.82, 2.24) is 15.2 Å². The van der Waals surface area contributed by atoms with Gasteiger partial charge in [-0.15, -0.1) is 0 Å². The molecule has 2 rings (SSSR count). The molecule has 0 bridgehead atoms. The molecule has 12 heavy (non-hydrogen) atoms. The topological polar surface area (TPSA) is 53.9 Å². The van der Waals surface area contributed by atoms with Crippen molar-refractivity contribution in [3.8, 4) is 0 Å². The number of hydrogen-bond acceptors (Lipinski definition) is 4. The third-order valence-electron chi connectivity index (χ3n) is 1.28. The average Bonchev–Trinajstić information content (AvgIpc) is 2.74. The number of aliphatic imine (C=N–C) groups is 1. The van der Waals surface area contributed by atoms with Crippen LogP contribution in [0.1, 0.15) is 5.56 Å². The Morgan fingerprint density at radius 1 is 1.58 bits per heavy atom. The van der Waals surface area contributed by atoms with Gasteiger partial charge in [-0.3, -0.25) is 0 Å². The first-order valence-electron chi connectivity index (χ1n) is 3.37. The first-order chi connectivity index (χ1) is 5.95. The Kier molecular flexibility index (Phi) is 1.96. The fourth-order valence-corrected chi connectivity index (χ4v) is 1.36. The van der Waals surface area contributed by atoms with Crippen LogP contribution in [0.25, 0.3) is 0 Å². The van der Waals surface area contributed by atoms with Gasteiger partial charge >= 0.3 is 0 Å². The fraction of sp³-hybridized carbons (Fsp3) is 0. The number of H-pyrrole nitrogens is 1. The average molecular weight is 178 g/mol. The molecule has 0 spiro atoms. The van der Waals surface area contributed by atoms with Crippen LogP contribution < -0.4 is 0 Å². The molecule has 0 amide bonds. The van der Waals surface area contributed by atoms with Gasteiger partial charge in [-0.2, -0.15) is 21.4 Å². The Balaban J connectivity index is 2.14. The molecule has 0 saturated carbocycles. The molecule has 0 unspecified atom stereocenters. The molecule has 60 valence electrons. The maximum Gasteiger partial charge on any atom is 0.245 e. The van der Waals surface area contributed by atoms with E-state index in [0.717, 1.165) is 5.56 Å². The minimum atomic E-state index is 0.529. The summed E-state index contributed by atoms with van der Waals surface area (Å²) in [6.07, 6.45) is 3.18. The largest absolute Gasteiger partial charge is 0.245 e. The van der Waals surface area contributed by atoms with Gasteiger partial charge < -0.3 is 0 Å². The molecule has 2 heterocycles. The summed E-state index contributed by atoms with van der Waals surface area (Å²) in [6.45, 7) is 0. The number of nitrogens with one attached hydrogen (secondary N) is 1. The Labute approximate surface area is 73.0 Å². The summed E-state index contributed by atoms with van der Waals surface area (Å²) in [7, 11) is 0. The molecule has 0 aromatic carbocycles. The molecule has 2 aromatic heterocycles. The van der Waals surface area contributed by atoms with E-state index in [4.69, 9.17) is 0 Å². The molecule has 2 aromatic rings. The Hall–Kier alpha value is -1.49. The van der Waals surface area contributed by atoms with E-state index in [9.17, 15) is 0 Å². The molecule has 5 heteroatoms. The van der Waals surface area contributed by atoms with Crippen LogP contribution in [0.2, 0.25) is 0 Å². The Morgan fingerprint density at radius 2 is 2.58 bits per heavy atom. The minimum absolute atomic E-state index is 0.529. The molecule has 1 N–H and O–H groups in total. The van der Waals surface area contributed by atoms with Gasteiger partial charge in [0, 0.05) is 11.8 Å². The quantitative estimate of drug-likeness (QED) is 0.710. The van der Waals surface area contributed by atoms with Crippen LogP contribution in [0.15, 0.2) is 28.1 Å². The second kappa shape index (κ2) is 3.27. The van der Waals surface area contributed by atoms with Crippen molar-refractivity contribution in [3.05, 3.63) is 28.7 Å². The Morgan fingerprint density at radius 3 is 3.25 bits per heavy atom. The van der Waals surface area contributed by atoms with E-state index >= 15 is 0 Å². The van der Waals surface area contributed by atoms with Crippen LogP contribution in [0.5, 0.6) is 0 Å². The zero-order chi connectivity index (χ0) is 8.23. The predicted octanol–water partition coefficient (Wildman–Crippen LogP) is 1.62. The third-order valence-corrected chi connectivity index (χ3v) is 1.98. The van der Waals surface area contributed by atoms with Gasteiger partial charge in [0.1, 0.15) is 6.33 Å². The van der Waals surface area contributed by atoms with E-state index in [-0.39, 0.29) is 0 Å². The normalized spacial score (nSPS) is 11.0. The van der Waals surface area contributed by atoms with Gasteiger partial charge in [0.15, 0.2) is 0 Å². The first-order valence-corrected chi connectivity index (χ1v) is 4.31. The fourth-order valence-electron chi connectivity index (χ4n) is 0.745. The van der Waals surface area contributed by atoms with Gasteiger partial charge in [0.2, 0.25) is 5.95 Å². The van der Waals surface area contributed by atoms with Crippen molar-refractivity contribution in [2.45, 2.75) is 0 Å². The SMILES string of the molecule is C(=N\c1ncn[nH]1)/c1ccsc1. The van der Waals surface area contributed by atoms with Crippen LogP contribution in [0, 0.1) is 0 Å². The summed E-state index contributed by atoms with van der Waals surface area (Å²) in [4.78, 5) is 7.92. The zero-order valence-corrected chi connectivity index (χ0v) is 6.95. The lowest BCUT2D eigenvalue weighted by Gasteiger charge is -1.81. The third kappa shape index (κ3) is 1.57. The van der Waals surface area contributed by atoms with Gasteiger partial charge in [-0.25, -0.2) is 10.1 Å². The minimum Gasteiger partial charge on any atom is -0.244 e. The standard InChI is InChI=1S/C7H6N4S/c1-2-12-4-6(1)3-8-7-9-5-10-11-7/h1-5H,(H,9,10,11)/b8-3+. The van der Waals surface area contributed by atoms with Crippen LogP contribution in [-0.4, -0.2) is 21.4 Å². The van der Waals surface area contributed by atoms with Crippen LogP contribution in [-0.2, 0) is 0 Å². The van der Waals surface area contributed by atoms with E-state index in [0.29, 0.717) is 5.95 Å². The van der Waals surface area contributed by atoms with Gasteiger partial charge in [0.25, 0.3) is 0 Å². The summed E-state index contributed by atoms with van der Waals surface area (Å²) in [6, 6.07) is 1.99. The lowest BCUT2D eigenvalue weighted by Crippen LogP contribution is -1.74. The number of aromatic nitrogens is 3. The molecule has 0 fully saturated rings. The monoisotopic (exact) mass is 178 g/mol. The van der Waals surface area contributed by atoms with Crippen molar-refractivity contribution < 1.29 is 0 Å². The number of nitrogens with zero attached hydrogens (tertiary/aromatic N) is 3. The van der Waals surface area contributed by atoms with Gasteiger partial charge in [-0.1, -0.05) is 0 Å². The highest BCUT2D eigenvalue weighted by Gasteiger charge is 1.89. The molecule has 0 aliphatic carbocycles. The number of hydrogen-bond donors (Lipinski definition) is 1. The molecule has 0 atom stereocenters. The molecule has 0 aliphatic rings. The number of thiophene rings is 1. The highest BCUT2D eigenvalue weighted by Crippen LogP contribution is 2.04. The lowest BCUT2D eigenvalue weighted by atomic mass is 10.4. The van der Waals surface area contributed by atoms with Crippen LogP contribution in [0.3, 0.4) is 0 Å². The summed E-state index contributed by atoms with van der Waals surface area (Å²) >= 11 is 1.64. The summed E-state index contributed by atoms with van der Waals surface area (Å²) < 4.78 is 0. The second-order valence-electron chi connectivity index (χ2n) is 2.12. The van der Waals surface area contributed by atoms with Crippen LogP contribution >= 0.6 is 11.3 Å². The van der Waals surface area contributed by atoms with E-state index in [1.54, 1.807) is 17.6 Å². The van der Waals surface area contributed by atoms with Crippen molar-refractivity contribution in [2.75, 3.05) is 0 Å². The molecular weight excluding hydrogens is 172 g/mol. The van der Waals surface area contributed by atoms with E-state index < -0.39 is 0 Å². The Bertz CT molecular complexity index is 312. The van der Waals surface area contributed by atoms with Gasteiger partial charge in [0.05, 0.1) is 0 Å². The molecule has 4 nitrogen and oxygen atoms in total. The summed E-state index contributed by atoms with van der Waals surface area (Å²) in [5.74, 6) is 0.529. The van der Waals surface area contributed by atoms with Crippen LogP contribution in [0.4, 0.5) is 5.95 Å². The predicted molar refractivity (Wildman–Crippen MR) is 48.0 cm³/mol. The lowest BCUT2D eigenvalue weighted by molar-refractivity contribution is 1.08. The van der Waals surface area contributed by atoms with E-state index in [1.807, 2.05) is 16.8 Å². The summed E-state index contributed by atoms with van der Waals surface area (Å²) in [5, 5.41) is 10.3. The molecule has 0 aliphatic heterocycles. The maximum atomic E-state index is 4.06. The van der Waals surface area contributed by atoms with E-state index in [2.05, 4.69) is 20.2 Å². The maximum absolute atomic E-state index is 4.06. The highest BCUT2D eigenvalue weighted by molar-refractivity contribution is 7.08. The van der Waals surface area contributed by atoms with Gasteiger partial charge in [-0.05, 0) is 16.8 Å². The molecular formula is C7H6N4S. The van der Waals surface area contributed by atoms with Crippen molar-refractivity contribution in [2.24, 2.45) is 4.99 Å². The first kappa shape index (κ1) is 7.17. The second-order valence-corrected chi connectivity index (χ2v) is 2.90. The number of rotatable bonds is 2. The zero-order valence-electron chi connectivity index (χ0n) is 6.14. The molecule has 0 saturated heterocycles. The highest BCUT2D eigenvalue weighted by atomic mass is 32.1. The molecule has 0 radical (unpaired) electrons. The number of aromatic amines is 1.